The first-order chi connectivity index (χ1) is 12.0. The number of rotatable bonds is 4. The van der Waals surface area contributed by atoms with Crippen LogP contribution >= 0.6 is 0 Å². The Morgan fingerprint density at radius 2 is 1.68 bits per heavy atom. The second-order valence-electron chi connectivity index (χ2n) is 7.01. The number of amides is 1. The number of carbonyl (C=O) groups is 1. The highest BCUT2D eigenvalue weighted by Gasteiger charge is 2.32. The third-order valence-corrected chi connectivity index (χ3v) is 4.95. The minimum absolute atomic E-state index is 0.116. The van der Waals surface area contributed by atoms with Crippen molar-refractivity contribution in [3.8, 4) is 0 Å². The molecule has 1 saturated heterocycles. The Labute approximate surface area is 149 Å². The summed E-state index contributed by atoms with van der Waals surface area (Å²) in [7, 11) is 0. The Morgan fingerprint density at radius 3 is 2.28 bits per heavy atom. The summed E-state index contributed by atoms with van der Waals surface area (Å²) in [5.74, 6) is 0.365. The number of hydrogen-bond donors (Lipinski definition) is 0. The summed E-state index contributed by atoms with van der Waals surface area (Å²) >= 11 is 0. The molecule has 0 unspecified atom stereocenters. The van der Waals surface area contributed by atoms with Crippen LogP contribution in [0.3, 0.4) is 0 Å². The van der Waals surface area contributed by atoms with Crippen LogP contribution in [0.1, 0.15) is 37.8 Å². The van der Waals surface area contributed by atoms with E-state index in [2.05, 4.69) is 30.9 Å². The zero-order chi connectivity index (χ0) is 18.0. The van der Waals surface area contributed by atoms with Gasteiger partial charge >= 0.3 is 0 Å². The predicted molar refractivity (Wildman–Crippen MR) is 99.2 cm³/mol. The van der Waals surface area contributed by atoms with Crippen LogP contribution in [0, 0.1) is 5.82 Å². The largest absolute Gasteiger partial charge is 0.310 e. The van der Waals surface area contributed by atoms with E-state index in [1.54, 1.807) is 12.1 Å². The molecule has 0 radical (unpaired) electrons. The number of halogens is 1. The van der Waals surface area contributed by atoms with E-state index in [9.17, 15) is 9.18 Å². The van der Waals surface area contributed by atoms with Crippen molar-refractivity contribution in [2.45, 2.75) is 39.3 Å². The van der Waals surface area contributed by atoms with E-state index in [0.717, 1.165) is 17.8 Å². The molecule has 0 spiro atoms. The molecule has 0 saturated carbocycles. The first-order valence-electron chi connectivity index (χ1n) is 8.85. The maximum Gasteiger partial charge on any atom is 0.244 e. The van der Waals surface area contributed by atoms with E-state index >= 15 is 0 Å². The summed E-state index contributed by atoms with van der Waals surface area (Å²) in [6.07, 6.45) is 0. The topological polar surface area (TPSA) is 23.6 Å². The van der Waals surface area contributed by atoms with Crippen molar-refractivity contribution in [3.63, 3.8) is 0 Å². The Balaban J connectivity index is 1.69. The van der Waals surface area contributed by atoms with E-state index in [1.165, 1.54) is 17.7 Å². The molecule has 0 bridgehead atoms. The minimum atomic E-state index is -0.234. The van der Waals surface area contributed by atoms with Crippen LogP contribution < -0.4 is 4.90 Å². The molecule has 1 aliphatic heterocycles. The van der Waals surface area contributed by atoms with Gasteiger partial charge in [0, 0.05) is 25.3 Å². The van der Waals surface area contributed by atoms with Gasteiger partial charge in [-0.25, -0.2) is 4.39 Å². The van der Waals surface area contributed by atoms with Gasteiger partial charge in [0.25, 0.3) is 0 Å². The zero-order valence-electron chi connectivity index (χ0n) is 15.1. The molecule has 1 fully saturated rings. The maximum atomic E-state index is 13.0. The molecule has 1 atom stereocenters. The van der Waals surface area contributed by atoms with Gasteiger partial charge in [0.2, 0.25) is 5.91 Å². The fraction of sp³-hybridized carbons (Fsp3) is 0.381. The second-order valence-corrected chi connectivity index (χ2v) is 7.01. The van der Waals surface area contributed by atoms with Crippen molar-refractivity contribution in [1.82, 2.24) is 4.90 Å². The van der Waals surface area contributed by atoms with Gasteiger partial charge in [-0.3, -0.25) is 9.69 Å². The van der Waals surface area contributed by atoms with E-state index in [-0.39, 0.29) is 17.8 Å². The predicted octanol–water partition coefficient (Wildman–Crippen LogP) is 4.19. The van der Waals surface area contributed by atoms with Gasteiger partial charge in [0.1, 0.15) is 5.82 Å². The van der Waals surface area contributed by atoms with Crippen molar-refractivity contribution < 1.29 is 9.18 Å². The van der Waals surface area contributed by atoms with Gasteiger partial charge in [0.15, 0.2) is 0 Å². The molecule has 3 rings (SSSR count). The molecule has 2 aromatic carbocycles. The van der Waals surface area contributed by atoms with Gasteiger partial charge in [0.05, 0.1) is 6.04 Å². The number of anilines is 1. The molecule has 1 amide bonds. The van der Waals surface area contributed by atoms with Gasteiger partial charge < -0.3 is 4.90 Å². The van der Waals surface area contributed by atoms with Crippen LogP contribution in [-0.4, -0.2) is 29.9 Å². The molecule has 0 N–H and O–H groups in total. The fourth-order valence-corrected chi connectivity index (χ4v) is 3.25. The maximum absolute atomic E-state index is 13.0. The molecular weight excluding hydrogens is 315 g/mol. The molecule has 2 aromatic rings. The molecule has 132 valence electrons. The second kappa shape index (κ2) is 7.36. The van der Waals surface area contributed by atoms with Crippen LogP contribution in [0.25, 0.3) is 0 Å². The quantitative estimate of drug-likeness (QED) is 0.833. The normalized spacial score (nSPS) is 18.8. The lowest BCUT2D eigenvalue weighted by Gasteiger charge is -2.39. The SMILES string of the molecule is CC(C)c1ccc(N2CCN(Cc3ccc(F)cc3)[C@@H](C)C2=O)cc1. The Kier molecular flexibility index (Phi) is 5.19. The number of nitrogens with zero attached hydrogens (tertiary/aromatic N) is 2. The van der Waals surface area contributed by atoms with Gasteiger partial charge in [-0.05, 0) is 48.2 Å². The number of piperazine rings is 1. The van der Waals surface area contributed by atoms with Crippen molar-refractivity contribution in [1.29, 1.82) is 0 Å². The van der Waals surface area contributed by atoms with Crippen molar-refractivity contribution >= 4 is 11.6 Å². The summed E-state index contributed by atoms with van der Waals surface area (Å²) in [6.45, 7) is 8.41. The molecular formula is C21H25FN2O. The van der Waals surface area contributed by atoms with Gasteiger partial charge in [-0.2, -0.15) is 0 Å². The molecule has 25 heavy (non-hydrogen) atoms. The first-order valence-corrected chi connectivity index (χ1v) is 8.85. The lowest BCUT2D eigenvalue weighted by Crippen LogP contribution is -2.55. The highest BCUT2D eigenvalue weighted by molar-refractivity contribution is 5.97. The third kappa shape index (κ3) is 3.90. The van der Waals surface area contributed by atoms with Gasteiger partial charge in [-0.15, -0.1) is 0 Å². The van der Waals surface area contributed by atoms with Crippen LogP contribution in [0.15, 0.2) is 48.5 Å². The molecule has 0 aliphatic carbocycles. The summed E-state index contributed by atoms with van der Waals surface area (Å²) in [6, 6.07) is 14.6. The first kappa shape index (κ1) is 17.6. The molecule has 1 aliphatic rings. The highest BCUT2D eigenvalue weighted by Crippen LogP contribution is 2.24. The zero-order valence-corrected chi connectivity index (χ0v) is 15.1. The number of hydrogen-bond acceptors (Lipinski definition) is 2. The van der Waals surface area contributed by atoms with Gasteiger partial charge in [-0.1, -0.05) is 38.1 Å². The summed E-state index contributed by atoms with van der Waals surface area (Å²) in [5.41, 5.74) is 3.26. The number of carbonyl (C=O) groups excluding carboxylic acids is 1. The molecule has 3 nitrogen and oxygen atoms in total. The minimum Gasteiger partial charge on any atom is -0.310 e. The third-order valence-electron chi connectivity index (χ3n) is 4.95. The monoisotopic (exact) mass is 340 g/mol. The average molecular weight is 340 g/mol. The molecule has 4 heteroatoms. The Bertz CT molecular complexity index is 725. The lowest BCUT2D eigenvalue weighted by atomic mass is 10.0. The van der Waals surface area contributed by atoms with Crippen LogP contribution in [0.4, 0.5) is 10.1 Å². The Morgan fingerprint density at radius 1 is 1.04 bits per heavy atom. The molecule has 0 aromatic heterocycles. The van der Waals surface area contributed by atoms with E-state index < -0.39 is 0 Å². The van der Waals surface area contributed by atoms with Crippen LogP contribution in [0.5, 0.6) is 0 Å². The lowest BCUT2D eigenvalue weighted by molar-refractivity contribution is -0.125. The fourth-order valence-electron chi connectivity index (χ4n) is 3.25. The number of benzene rings is 2. The van der Waals surface area contributed by atoms with Crippen molar-refractivity contribution in [3.05, 3.63) is 65.5 Å². The van der Waals surface area contributed by atoms with Crippen LogP contribution in [-0.2, 0) is 11.3 Å². The van der Waals surface area contributed by atoms with E-state index in [4.69, 9.17) is 0 Å². The standard InChI is InChI=1S/C21H25FN2O/c1-15(2)18-6-10-20(11-7-18)24-13-12-23(16(3)21(24)25)14-17-4-8-19(22)9-5-17/h4-11,15-16H,12-14H2,1-3H3/t16-/m0/s1. The highest BCUT2D eigenvalue weighted by atomic mass is 19.1. The van der Waals surface area contributed by atoms with E-state index in [0.29, 0.717) is 19.0 Å². The van der Waals surface area contributed by atoms with Crippen molar-refractivity contribution in [2.75, 3.05) is 18.0 Å². The van der Waals surface area contributed by atoms with Crippen LogP contribution in [0.2, 0.25) is 0 Å². The summed E-state index contributed by atoms with van der Waals surface area (Å²) in [4.78, 5) is 16.8. The smallest absolute Gasteiger partial charge is 0.244 e. The average Bonchev–Trinajstić information content (AvgIpc) is 2.61. The molecule has 1 heterocycles. The Hall–Kier alpha value is -2.20. The van der Waals surface area contributed by atoms with Crippen molar-refractivity contribution in [2.24, 2.45) is 0 Å². The summed E-state index contributed by atoms with van der Waals surface area (Å²) in [5, 5.41) is 0. The summed E-state index contributed by atoms with van der Waals surface area (Å²) < 4.78 is 13.0. The van der Waals surface area contributed by atoms with E-state index in [1.807, 2.05) is 24.0 Å².